The number of hydrogen-bond donors (Lipinski definition) is 2. The largest absolute Gasteiger partial charge is 0.353 e. The van der Waals surface area contributed by atoms with Crippen LogP contribution in [0.3, 0.4) is 0 Å². The molecule has 3 nitrogen and oxygen atoms in total. The number of aromatic nitrogens is 2. The number of benzene rings is 2. The molecule has 0 aliphatic carbocycles. The smallest absolute Gasteiger partial charge is 0.0806 e. The number of pyridine rings is 1. The lowest BCUT2D eigenvalue weighted by Gasteiger charge is -2.09. The SMILES string of the molecule is NCCCCc1c(-c2ccc(Br)c3cccnc23)[nH]c2c(Br)cccc12. The molecule has 2 heterocycles. The van der Waals surface area contributed by atoms with Crippen molar-refractivity contribution in [1.82, 2.24) is 9.97 Å². The van der Waals surface area contributed by atoms with E-state index in [-0.39, 0.29) is 0 Å². The molecule has 5 heteroatoms. The van der Waals surface area contributed by atoms with Gasteiger partial charge in [-0.25, -0.2) is 0 Å². The van der Waals surface area contributed by atoms with Gasteiger partial charge in [0, 0.05) is 31.5 Å². The summed E-state index contributed by atoms with van der Waals surface area (Å²) in [5.74, 6) is 0. The molecule has 0 unspecified atom stereocenters. The molecule has 4 rings (SSSR count). The maximum Gasteiger partial charge on any atom is 0.0806 e. The van der Waals surface area contributed by atoms with Crippen molar-refractivity contribution in [1.29, 1.82) is 0 Å². The summed E-state index contributed by atoms with van der Waals surface area (Å²) in [5, 5.41) is 2.38. The Morgan fingerprint density at radius 1 is 0.923 bits per heavy atom. The van der Waals surface area contributed by atoms with Crippen molar-refractivity contribution in [3.63, 3.8) is 0 Å². The van der Waals surface area contributed by atoms with Crippen molar-refractivity contribution in [3.05, 3.63) is 63.2 Å². The Labute approximate surface area is 169 Å². The van der Waals surface area contributed by atoms with E-state index >= 15 is 0 Å². The van der Waals surface area contributed by atoms with Gasteiger partial charge >= 0.3 is 0 Å². The van der Waals surface area contributed by atoms with E-state index in [4.69, 9.17) is 5.73 Å². The van der Waals surface area contributed by atoms with Gasteiger partial charge in [0.15, 0.2) is 0 Å². The molecule has 2 aromatic heterocycles. The fourth-order valence-electron chi connectivity index (χ4n) is 3.51. The molecular formula is C21H19Br2N3. The molecule has 132 valence electrons. The molecule has 0 aliphatic rings. The maximum absolute atomic E-state index is 5.71. The van der Waals surface area contributed by atoms with Gasteiger partial charge in [-0.2, -0.15) is 0 Å². The van der Waals surface area contributed by atoms with Crippen LogP contribution in [0.2, 0.25) is 0 Å². The Balaban J connectivity index is 1.98. The minimum Gasteiger partial charge on any atom is -0.353 e. The van der Waals surface area contributed by atoms with Crippen molar-refractivity contribution >= 4 is 53.7 Å². The number of unbranched alkanes of at least 4 members (excludes halogenated alkanes) is 1. The Kier molecular flexibility index (Phi) is 5.11. The highest BCUT2D eigenvalue weighted by molar-refractivity contribution is 9.11. The highest BCUT2D eigenvalue weighted by atomic mass is 79.9. The number of fused-ring (bicyclic) bond motifs is 2. The normalized spacial score (nSPS) is 11.5. The molecule has 2 aromatic carbocycles. The van der Waals surface area contributed by atoms with Crippen molar-refractivity contribution in [2.45, 2.75) is 19.3 Å². The molecule has 0 amide bonds. The van der Waals surface area contributed by atoms with Crippen LogP contribution in [0.4, 0.5) is 0 Å². The lowest BCUT2D eigenvalue weighted by molar-refractivity contribution is 0.748. The predicted molar refractivity (Wildman–Crippen MR) is 116 cm³/mol. The standard InChI is InChI=1S/C21H19Br2N3/c22-17-10-9-16(19-15(17)7-4-12-25-19)20-13(5-1-2-11-24)14-6-3-8-18(23)21(14)26-20/h3-4,6-10,12,26H,1-2,5,11,24H2. The number of aryl methyl sites for hydroxylation is 1. The van der Waals surface area contributed by atoms with Crippen LogP contribution in [0.1, 0.15) is 18.4 Å². The van der Waals surface area contributed by atoms with Crippen molar-refractivity contribution in [3.8, 4) is 11.3 Å². The minimum absolute atomic E-state index is 0.726. The van der Waals surface area contributed by atoms with Crippen LogP contribution in [0, 0.1) is 0 Å². The van der Waals surface area contributed by atoms with Gasteiger partial charge in [0.2, 0.25) is 0 Å². The van der Waals surface area contributed by atoms with Crippen LogP contribution in [0.15, 0.2) is 57.6 Å². The summed E-state index contributed by atoms with van der Waals surface area (Å²) < 4.78 is 2.14. The van der Waals surface area contributed by atoms with Gasteiger partial charge < -0.3 is 10.7 Å². The quantitative estimate of drug-likeness (QED) is 0.340. The number of para-hydroxylation sites is 1. The van der Waals surface area contributed by atoms with E-state index in [0.717, 1.165) is 62.4 Å². The zero-order chi connectivity index (χ0) is 18.1. The molecule has 0 bridgehead atoms. The number of hydrogen-bond acceptors (Lipinski definition) is 2. The van der Waals surface area contributed by atoms with Gasteiger partial charge in [-0.05, 0) is 71.6 Å². The highest BCUT2D eigenvalue weighted by Crippen LogP contribution is 2.38. The van der Waals surface area contributed by atoms with Crippen molar-refractivity contribution in [2.24, 2.45) is 5.73 Å². The third-order valence-electron chi connectivity index (χ3n) is 4.76. The van der Waals surface area contributed by atoms with E-state index < -0.39 is 0 Å². The summed E-state index contributed by atoms with van der Waals surface area (Å²) in [4.78, 5) is 8.32. The first-order valence-corrected chi connectivity index (χ1v) is 10.3. The van der Waals surface area contributed by atoms with Crippen LogP contribution in [0.5, 0.6) is 0 Å². The molecule has 0 saturated carbocycles. The molecule has 26 heavy (non-hydrogen) atoms. The highest BCUT2D eigenvalue weighted by Gasteiger charge is 2.17. The molecular weight excluding hydrogens is 454 g/mol. The van der Waals surface area contributed by atoms with Gasteiger partial charge in [0.25, 0.3) is 0 Å². The predicted octanol–water partition coefficient (Wildman–Crippen LogP) is 6.19. The van der Waals surface area contributed by atoms with E-state index in [0.29, 0.717) is 0 Å². The fourth-order valence-corrected chi connectivity index (χ4v) is 4.43. The minimum atomic E-state index is 0.726. The average Bonchev–Trinajstić information content (AvgIpc) is 3.03. The van der Waals surface area contributed by atoms with Crippen LogP contribution in [0.25, 0.3) is 33.1 Å². The van der Waals surface area contributed by atoms with Crippen molar-refractivity contribution < 1.29 is 0 Å². The van der Waals surface area contributed by atoms with E-state index in [1.165, 1.54) is 10.9 Å². The molecule has 0 atom stereocenters. The molecule has 3 N–H and O–H groups in total. The lowest BCUT2D eigenvalue weighted by atomic mass is 9.98. The van der Waals surface area contributed by atoms with Gasteiger partial charge in [0.05, 0.1) is 16.7 Å². The first-order valence-electron chi connectivity index (χ1n) is 8.73. The van der Waals surface area contributed by atoms with Crippen LogP contribution in [-0.2, 0) is 6.42 Å². The Morgan fingerprint density at radius 2 is 1.77 bits per heavy atom. The van der Waals surface area contributed by atoms with Crippen LogP contribution < -0.4 is 5.73 Å². The summed E-state index contributed by atoms with van der Waals surface area (Å²) in [7, 11) is 0. The molecule has 0 spiro atoms. The number of rotatable bonds is 5. The second kappa shape index (κ2) is 7.51. The fraction of sp³-hybridized carbons (Fsp3) is 0.190. The number of nitrogens with two attached hydrogens (primary N) is 1. The monoisotopic (exact) mass is 471 g/mol. The van der Waals surface area contributed by atoms with Gasteiger partial charge in [-0.1, -0.05) is 34.1 Å². The first kappa shape index (κ1) is 17.7. The molecule has 4 aromatic rings. The average molecular weight is 473 g/mol. The summed E-state index contributed by atoms with van der Waals surface area (Å²) in [6, 6.07) is 14.7. The van der Waals surface area contributed by atoms with E-state index in [1.54, 1.807) is 0 Å². The van der Waals surface area contributed by atoms with Crippen LogP contribution >= 0.6 is 31.9 Å². The second-order valence-electron chi connectivity index (χ2n) is 6.38. The number of halogens is 2. The molecule has 0 saturated heterocycles. The second-order valence-corrected chi connectivity index (χ2v) is 8.09. The third-order valence-corrected chi connectivity index (χ3v) is 6.11. The summed E-state index contributed by atoms with van der Waals surface area (Å²) in [5.41, 5.74) is 11.5. The van der Waals surface area contributed by atoms with Gasteiger partial charge in [0.1, 0.15) is 0 Å². The third kappa shape index (κ3) is 3.08. The molecule has 0 aliphatic heterocycles. The Bertz CT molecular complexity index is 1090. The van der Waals surface area contributed by atoms with E-state index in [2.05, 4.69) is 78.2 Å². The number of nitrogens with zero attached hydrogens (tertiary/aromatic N) is 1. The molecule has 0 radical (unpaired) electrons. The first-order chi connectivity index (χ1) is 12.7. The summed E-state index contributed by atoms with van der Waals surface area (Å²) in [6.07, 6.45) is 4.95. The Morgan fingerprint density at radius 3 is 2.62 bits per heavy atom. The summed E-state index contributed by atoms with van der Waals surface area (Å²) in [6.45, 7) is 0.726. The number of aromatic amines is 1. The van der Waals surface area contributed by atoms with E-state index in [9.17, 15) is 0 Å². The number of nitrogens with one attached hydrogen (secondary N) is 1. The Hall–Kier alpha value is -1.69. The zero-order valence-corrected chi connectivity index (χ0v) is 17.4. The lowest BCUT2D eigenvalue weighted by Crippen LogP contribution is -1.99. The van der Waals surface area contributed by atoms with Gasteiger partial charge in [-0.3, -0.25) is 4.98 Å². The molecule has 0 fully saturated rings. The van der Waals surface area contributed by atoms with Gasteiger partial charge in [-0.15, -0.1) is 0 Å². The zero-order valence-electron chi connectivity index (χ0n) is 14.2. The summed E-state index contributed by atoms with van der Waals surface area (Å²) >= 11 is 7.33. The van der Waals surface area contributed by atoms with E-state index in [1.807, 2.05) is 12.3 Å². The maximum atomic E-state index is 5.71. The van der Waals surface area contributed by atoms with Crippen molar-refractivity contribution in [2.75, 3.05) is 6.54 Å². The topological polar surface area (TPSA) is 54.7 Å². The number of H-pyrrole nitrogens is 1. The van der Waals surface area contributed by atoms with Crippen LogP contribution in [-0.4, -0.2) is 16.5 Å².